The van der Waals surface area contributed by atoms with Crippen LogP contribution in [0.3, 0.4) is 0 Å². The lowest BCUT2D eigenvalue weighted by molar-refractivity contribution is -0.120. The van der Waals surface area contributed by atoms with Crippen molar-refractivity contribution in [3.8, 4) is 5.75 Å². The Morgan fingerprint density at radius 3 is 2.88 bits per heavy atom. The summed E-state index contributed by atoms with van der Waals surface area (Å²) < 4.78 is 5.21. The molecule has 1 aliphatic rings. The summed E-state index contributed by atoms with van der Waals surface area (Å²) in [5, 5.41) is 6.13. The summed E-state index contributed by atoms with van der Waals surface area (Å²) in [4.78, 5) is 11.7. The molecule has 2 rings (SSSR count). The van der Waals surface area contributed by atoms with Crippen molar-refractivity contribution in [1.82, 2.24) is 10.6 Å². The molecule has 1 aromatic rings. The van der Waals surface area contributed by atoms with Gasteiger partial charge in [0.2, 0.25) is 5.91 Å². The van der Waals surface area contributed by atoms with Gasteiger partial charge in [-0.15, -0.1) is 0 Å². The van der Waals surface area contributed by atoms with Crippen molar-refractivity contribution in [3.05, 3.63) is 29.8 Å². The average molecular weight is 234 g/mol. The van der Waals surface area contributed by atoms with Gasteiger partial charge in [-0.25, -0.2) is 0 Å². The molecule has 1 saturated heterocycles. The fourth-order valence-electron chi connectivity index (χ4n) is 1.84. The van der Waals surface area contributed by atoms with E-state index >= 15 is 0 Å². The van der Waals surface area contributed by atoms with E-state index in [1.165, 1.54) is 0 Å². The van der Waals surface area contributed by atoms with Gasteiger partial charge in [0.25, 0.3) is 0 Å². The van der Waals surface area contributed by atoms with Crippen molar-refractivity contribution >= 4 is 5.91 Å². The van der Waals surface area contributed by atoms with Gasteiger partial charge < -0.3 is 15.4 Å². The van der Waals surface area contributed by atoms with Crippen LogP contribution in [-0.4, -0.2) is 32.7 Å². The molecule has 4 nitrogen and oxygen atoms in total. The van der Waals surface area contributed by atoms with E-state index in [0.29, 0.717) is 12.3 Å². The highest BCUT2D eigenvalue weighted by molar-refractivity contribution is 5.79. The van der Waals surface area contributed by atoms with E-state index in [4.69, 9.17) is 4.74 Å². The Morgan fingerprint density at radius 1 is 1.47 bits per heavy atom. The zero-order chi connectivity index (χ0) is 12.1. The van der Waals surface area contributed by atoms with Crippen LogP contribution in [0.2, 0.25) is 0 Å². The molecule has 1 heterocycles. The number of ether oxygens (including phenoxy) is 1. The minimum absolute atomic E-state index is 0.0569. The van der Waals surface area contributed by atoms with Gasteiger partial charge in [0.05, 0.1) is 13.5 Å². The molecule has 1 aliphatic heterocycles. The fourth-order valence-corrected chi connectivity index (χ4v) is 1.84. The summed E-state index contributed by atoms with van der Waals surface area (Å²) in [6.07, 6.45) is 0.379. The molecule has 1 amide bonds. The molecule has 0 aliphatic carbocycles. The maximum Gasteiger partial charge on any atom is 0.224 e. The Hall–Kier alpha value is -1.55. The van der Waals surface area contributed by atoms with Crippen LogP contribution in [0.1, 0.15) is 5.56 Å². The standard InChI is InChI=1S/C13H18N2O2/c1-17-12-5-3-2-4-11(12)6-13(16)15-9-10-7-14-8-10/h2-5,10,14H,6-9H2,1H3,(H,15,16). The van der Waals surface area contributed by atoms with Gasteiger partial charge in [0.15, 0.2) is 0 Å². The Labute approximate surface area is 101 Å². The van der Waals surface area contributed by atoms with E-state index in [-0.39, 0.29) is 5.91 Å². The summed E-state index contributed by atoms with van der Waals surface area (Å²) >= 11 is 0. The summed E-state index contributed by atoms with van der Waals surface area (Å²) in [5.74, 6) is 1.42. The number of methoxy groups -OCH3 is 1. The topological polar surface area (TPSA) is 50.4 Å². The molecular formula is C13H18N2O2. The number of benzene rings is 1. The van der Waals surface area contributed by atoms with Gasteiger partial charge in [-0.1, -0.05) is 18.2 Å². The molecule has 0 spiro atoms. The largest absolute Gasteiger partial charge is 0.496 e. The van der Waals surface area contributed by atoms with Gasteiger partial charge in [0, 0.05) is 31.1 Å². The van der Waals surface area contributed by atoms with Crippen molar-refractivity contribution in [2.24, 2.45) is 5.92 Å². The highest BCUT2D eigenvalue weighted by Gasteiger charge is 2.17. The number of hydrogen-bond donors (Lipinski definition) is 2. The van der Waals surface area contributed by atoms with Crippen LogP contribution in [0, 0.1) is 5.92 Å². The van der Waals surface area contributed by atoms with Gasteiger partial charge in [-0.2, -0.15) is 0 Å². The van der Waals surface area contributed by atoms with Crippen LogP contribution in [0.15, 0.2) is 24.3 Å². The van der Waals surface area contributed by atoms with Crippen molar-refractivity contribution in [3.63, 3.8) is 0 Å². The zero-order valence-corrected chi connectivity index (χ0v) is 10.0. The molecule has 0 saturated carbocycles. The van der Waals surface area contributed by atoms with Crippen LogP contribution in [0.5, 0.6) is 5.75 Å². The maximum atomic E-state index is 11.7. The molecule has 4 heteroatoms. The van der Waals surface area contributed by atoms with E-state index in [1.807, 2.05) is 24.3 Å². The third-order valence-electron chi connectivity index (χ3n) is 3.00. The lowest BCUT2D eigenvalue weighted by Crippen LogP contribution is -2.48. The first-order valence-corrected chi connectivity index (χ1v) is 5.89. The first kappa shape index (κ1) is 11.9. The first-order chi connectivity index (χ1) is 8.29. The average Bonchev–Trinajstić information content (AvgIpc) is 2.27. The predicted octanol–water partition coefficient (Wildman–Crippen LogP) is 0.573. The minimum atomic E-state index is 0.0569. The number of nitrogens with one attached hydrogen (secondary N) is 2. The Balaban J connectivity index is 1.84. The lowest BCUT2D eigenvalue weighted by atomic mass is 10.0. The molecule has 2 N–H and O–H groups in total. The van der Waals surface area contributed by atoms with E-state index in [2.05, 4.69) is 10.6 Å². The van der Waals surface area contributed by atoms with Gasteiger partial charge >= 0.3 is 0 Å². The quantitative estimate of drug-likeness (QED) is 0.783. The molecule has 1 fully saturated rings. The highest BCUT2D eigenvalue weighted by atomic mass is 16.5. The molecule has 0 bridgehead atoms. The van der Waals surface area contributed by atoms with Crippen molar-refractivity contribution in [2.45, 2.75) is 6.42 Å². The zero-order valence-electron chi connectivity index (χ0n) is 10.0. The SMILES string of the molecule is COc1ccccc1CC(=O)NCC1CNC1. The summed E-state index contributed by atoms with van der Waals surface area (Å²) in [6.45, 7) is 2.78. The highest BCUT2D eigenvalue weighted by Crippen LogP contribution is 2.17. The van der Waals surface area contributed by atoms with Crippen molar-refractivity contribution in [1.29, 1.82) is 0 Å². The molecule has 0 aromatic heterocycles. The second-order valence-corrected chi connectivity index (χ2v) is 4.32. The lowest BCUT2D eigenvalue weighted by Gasteiger charge is -2.27. The van der Waals surface area contributed by atoms with E-state index < -0.39 is 0 Å². The molecule has 17 heavy (non-hydrogen) atoms. The first-order valence-electron chi connectivity index (χ1n) is 5.89. The summed E-state index contributed by atoms with van der Waals surface area (Å²) in [6, 6.07) is 7.61. The van der Waals surface area contributed by atoms with Crippen molar-refractivity contribution < 1.29 is 9.53 Å². The van der Waals surface area contributed by atoms with E-state index in [0.717, 1.165) is 30.9 Å². The molecule has 0 radical (unpaired) electrons. The van der Waals surface area contributed by atoms with E-state index in [9.17, 15) is 4.79 Å². The second kappa shape index (κ2) is 5.68. The molecule has 0 atom stereocenters. The summed E-state index contributed by atoms with van der Waals surface area (Å²) in [7, 11) is 1.62. The second-order valence-electron chi connectivity index (χ2n) is 4.32. The third kappa shape index (κ3) is 3.20. The van der Waals surface area contributed by atoms with Gasteiger partial charge in [-0.3, -0.25) is 4.79 Å². The van der Waals surface area contributed by atoms with Crippen molar-refractivity contribution in [2.75, 3.05) is 26.7 Å². The smallest absolute Gasteiger partial charge is 0.224 e. The molecular weight excluding hydrogens is 216 g/mol. The summed E-state index contributed by atoms with van der Waals surface area (Å²) in [5.41, 5.74) is 0.930. The van der Waals surface area contributed by atoms with Gasteiger partial charge in [-0.05, 0) is 6.07 Å². The predicted molar refractivity (Wildman–Crippen MR) is 66.1 cm³/mol. The minimum Gasteiger partial charge on any atom is -0.496 e. The Morgan fingerprint density at radius 2 is 2.24 bits per heavy atom. The van der Waals surface area contributed by atoms with Crippen LogP contribution < -0.4 is 15.4 Å². The van der Waals surface area contributed by atoms with Crippen LogP contribution in [-0.2, 0) is 11.2 Å². The van der Waals surface area contributed by atoms with Crippen LogP contribution in [0.4, 0.5) is 0 Å². The number of carbonyl (C=O) groups is 1. The van der Waals surface area contributed by atoms with Crippen LogP contribution >= 0.6 is 0 Å². The Bertz CT molecular complexity index is 389. The monoisotopic (exact) mass is 234 g/mol. The number of rotatable bonds is 5. The maximum absolute atomic E-state index is 11.7. The number of hydrogen-bond acceptors (Lipinski definition) is 3. The fraction of sp³-hybridized carbons (Fsp3) is 0.462. The molecule has 1 aromatic carbocycles. The third-order valence-corrected chi connectivity index (χ3v) is 3.00. The number of carbonyl (C=O) groups excluding carboxylic acids is 1. The van der Waals surface area contributed by atoms with E-state index in [1.54, 1.807) is 7.11 Å². The number of amides is 1. The Kier molecular flexibility index (Phi) is 3.98. The van der Waals surface area contributed by atoms with Gasteiger partial charge in [0.1, 0.15) is 5.75 Å². The molecule has 0 unspecified atom stereocenters. The molecule has 92 valence electrons. The van der Waals surface area contributed by atoms with Crippen LogP contribution in [0.25, 0.3) is 0 Å². The normalized spacial score (nSPS) is 15.1. The number of para-hydroxylation sites is 1.